The standard InChI is InChI=1S/C18H29FN2O5/c1-18(2,3)26-17(24)21(10-9-13(19)11-21)16(23)20-14-7-5-12(6-8-14)15(22)25-4/h12-14H,5-11H2,1-4H3/p+1/t12?,13-,14?,21-/m1/s1. The lowest BCUT2D eigenvalue weighted by Crippen LogP contribution is -2.62. The number of likely N-dealkylation sites (tertiary alicyclic amines) is 1. The zero-order valence-electron chi connectivity index (χ0n) is 16.0. The fraction of sp³-hybridized carbons (Fsp3) is 0.833. The Morgan fingerprint density at radius 2 is 1.69 bits per heavy atom. The molecule has 1 aliphatic heterocycles. The first kappa shape index (κ1) is 20.6. The Morgan fingerprint density at radius 1 is 1.08 bits per heavy atom. The fourth-order valence-corrected chi connectivity index (χ4v) is 3.60. The van der Waals surface area contributed by atoms with Crippen LogP contribution >= 0.6 is 0 Å². The number of methoxy groups -OCH3 is 1. The van der Waals surface area contributed by atoms with Gasteiger partial charge in [-0.25, -0.2) is 9.18 Å². The van der Waals surface area contributed by atoms with Gasteiger partial charge in [0, 0.05) is 12.5 Å². The van der Waals surface area contributed by atoms with E-state index in [9.17, 15) is 18.8 Å². The number of urea groups is 1. The van der Waals surface area contributed by atoms with Gasteiger partial charge in [-0.2, -0.15) is 4.79 Å². The lowest BCUT2D eigenvalue weighted by molar-refractivity contribution is -0.766. The average Bonchev–Trinajstić information content (AvgIpc) is 2.96. The van der Waals surface area contributed by atoms with Gasteiger partial charge in [0.1, 0.15) is 18.7 Å². The number of nitrogens with one attached hydrogen (secondary N) is 1. The maximum absolute atomic E-state index is 13.9. The molecule has 8 heteroatoms. The summed E-state index contributed by atoms with van der Waals surface area (Å²) in [6.45, 7) is 5.06. The molecule has 148 valence electrons. The number of carbonyl (C=O) groups is 3. The number of hydrogen-bond donors (Lipinski definition) is 1. The molecule has 0 aromatic rings. The van der Waals surface area contributed by atoms with Crippen LogP contribution in [0, 0.1) is 5.92 Å². The normalized spacial score (nSPS) is 32.0. The smallest absolute Gasteiger partial charge is 0.469 e. The maximum atomic E-state index is 13.9. The van der Waals surface area contributed by atoms with Gasteiger partial charge in [-0.15, -0.1) is 4.48 Å². The van der Waals surface area contributed by atoms with E-state index in [0.29, 0.717) is 25.7 Å². The van der Waals surface area contributed by atoms with Crippen LogP contribution in [0.15, 0.2) is 0 Å². The highest BCUT2D eigenvalue weighted by molar-refractivity contribution is 5.80. The first-order chi connectivity index (χ1) is 12.1. The summed E-state index contributed by atoms with van der Waals surface area (Å²) >= 11 is 0. The Kier molecular flexibility index (Phi) is 6.26. The quantitative estimate of drug-likeness (QED) is 0.594. The predicted molar refractivity (Wildman–Crippen MR) is 92.0 cm³/mol. The zero-order chi connectivity index (χ0) is 19.5. The third kappa shape index (κ3) is 4.72. The molecule has 2 aliphatic rings. The highest BCUT2D eigenvalue weighted by Crippen LogP contribution is 2.29. The van der Waals surface area contributed by atoms with Gasteiger partial charge in [-0.05, 0) is 46.5 Å². The summed E-state index contributed by atoms with van der Waals surface area (Å²) in [5.41, 5.74) is -0.754. The van der Waals surface area contributed by atoms with Gasteiger partial charge < -0.3 is 14.8 Å². The van der Waals surface area contributed by atoms with Gasteiger partial charge in [0.2, 0.25) is 0 Å². The number of nitrogens with zero attached hydrogens (tertiary/aromatic N) is 1. The molecule has 1 saturated heterocycles. The summed E-state index contributed by atoms with van der Waals surface area (Å²) in [6.07, 6.45) is 0.729. The van der Waals surface area contributed by atoms with Crippen molar-refractivity contribution < 1.29 is 32.7 Å². The third-order valence-electron chi connectivity index (χ3n) is 5.05. The SMILES string of the molecule is COC(=O)C1CCC(NC(=O)[N@@+]2(C(=O)OC(C)(C)C)CC[C@@H](F)C2)CC1. The van der Waals surface area contributed by atoms with Crippen molar-refractivity contribution in [1.82, 2.24) is 5.32 Å². The molecule has 2 atom stereocenters. The first-order valence-electron chi connectivity index (χ1n) is 9.21. The van der Waals surface area contributed by atoms with Crippen molar-refractivity contribution >= 4 is 18.1 Å². The van der Waals surface area contributed by atoms with E-state index in [2.05, 4.69) is 5.32 Å². The molecular formula is C18H30FN2O5+. The van der Waals surface area contributed by atoms with E-state index in [0.717, 1.165) is 0 Å². The maximum Gasteiger partial charge on any atom is 0.525 e. The molecule has 7 nitrogen and oxygen atoms in total. The molecule has 2 rings (SSSR count). The number of ether oxygens (including phenoxy) is 2. The summed E-state index contributed by atoms with van der Waals surface area (Å²) in [5, 5.41) is 2.88. The van der Waals surface area contributed by atoms with Crippen LogP contribution in [0.25, 0.3) is 0 Å². The molecule has 2 fully saturated rings. The molecule has 0 bridgehead atoms. The van der Waals surface area contributed by atoms with E-state index < -0.39 is 28.4 Å². The van der Waals surface area contributed by atoms with Crippen molar-refractivity contribution in [2.24, 2.45) is 5.92 Å². The Hall–Kier alpha value is -1.70. The predicted octanol–water partition coefficient (Wildman–Crippen LogP) is 2.92. The number of alkyl halides is 1. The number of esters is 1. The van der Waals surface area contributed by atoms with Gasteiger partial charge >= 0.3 is 18.1 Å². The van der Waals surface area contributed by atoms with Crippen molar-refractivity contribution in [3.8, 4) is 0 Å². The van der Waals surface area contributed by atoms with Crippen molar-refractivity contribution in [2.75, 3.05) is 20.2 Å². The number of carbonyl (C=O) groups excluding carboxylic acids is 3. The number of halogens is 1. The van der Waals surface area contributed by atoms with Crippen molar-refractivity contribution in [2.45, 2.75) is 70.7 Å². The van der Waals surface area contributed by atoms with Crippen LogP contribution in [0.5, 0.6) is 0 Å². The summed E-state index contributed by atoms with van der Waals surface area (Å²) < 4.78 is 23.4. The molecule has 3 amide bonds. The average molecular weight is 373 g/mol. The van der Waals surface area contributed by atoms with Crippen molar-refractivity contribution in [3.63, 3.8) is 0 Å². The minimum atomic E-state index is -1.21. The first-order valence-corrected chi connectivity index (χ1v) is 9.21. The van der Waals surface area contributed by atoms with Crippen LogP contribution in [0.2, 0.25) is 0 Å². The third-order valence-corrected chi connectivity index (χ3v) is 5.05. The van der Waals surface area contributed by atoms with Crippen LogP contribution < -0.4 is 5.32 Å². The van der Waals surface area contributed by atoms with Crippen molar-refractivity contribution in [1.29, 1.82) is 0 Å². The van der Waals surface area contributed by atoms with Gasteiger partial charge in [-0.3, -0.25) is 4.79 Å². The number of amides is 3. The molecule has 0 aromatic heterocycles. The molecule has 1 N–H and O–H groups in total. The molecule has 0 radical (unpaired) electrons. The second-order valence-corrected chi connectivity index (χ2v) is 8.26. The minimum absolute atomic E-state index is 0.0966. The Bertz CT molecular complexity index is 554. The minimum Gasteiger partial charge on any atom is -0.469 e. The molecular weight excluding hydrogens is 343 g/mol. The number of hydrogen-bond acceptors (Lipinski definition) is 5. The van der Waals surface area contributed by atoms with Crippen LogP contribution in [0.4, 0.5) is 14.0 Å². The monoisotopic (exact) mass is 373 g/mol. The summed E-state index contributed by atoms with van der Waals surface area (Å²) in [7, 11) is 1.37. The second-order valence-electron chi connectivity index (χ2n) is 8.26. The van der Waals surface area contributed by atoms with E-state index >= 15 is 0 Å². The van der Waals surface area contributed by atoms with E-state index in [1.54, 1.807) is 20.8 Å². The second kappa shape index (κ2) is 7.90. The van der Waals surface area contributed by atoms with Crippen LogP contribution in [0.3, 0.4) is 0 Å². The lowest BCUT2D eigenvalue weighted by Gasteiger charge is -2.33. The van der Waals surface area contributed by atoms with E-state index in [4.69, 9.17) is 9.47 Å². The Balaban J connectivity index is 2.02. The highest BCUT2D eigenvalue weighted by atomic mass is 19.1. The molecule has 1 heterocycles. The molecule has 0 unspecified atom stereocenters. The lowest BCUT2D eigenvalue weighted by atomic mass is 9.86. The van der Waals surface area contributed by atoms with Gasteiger partial charge in [0.25, 0.3) is 0 Å². The van der Waals surface area contributed by atoms with E-state index in [1.165, 1.54) is 7.11 Å². The van der Waals surface area contributed by atoms with Gasteiger partial charge in [0.05, 0.1) is 13.0 Å². The number of rotatable bonds is 2. The molecule has 0 spiro atoms. The Labute approximate surface area is 153 Å². The zero-order valence-corrected chi connectivity index (χ0v) is 16.0. The highest BCUT2D eigenvalue weighted by Gasteiger charge is 2.54. The number of quaternary nitrogens is 1. The van der Waals surface area contributed by atoms with Crippen molar-refractivity contribution in [3.05, 3.63) is 0 Å². The topological polar surface area (TPSA) is 81.7 Å². The van der Waals surface area contributed by atoms with Gasteiger partial charge in [0.15, 0.2) is 6.17 Å². The van der Waals surface area contributed by atoms with Crippen LogP contribution in [-0.4, -0.2) is 60.6 Å². The van der Waals surface area contributed by atoms with Crippen LogP contribution in [-0.2, 0) is 14.3 Å². The van der Waals surface area contributed by atoms with Gasteiger partial charge in [-0.1, -0.05) is 0 Å². The Morgan fingerprint density at radius 3 is 2.15 bits per heavy atom. The summed E-state index contributed by atoms with van der Waals surface area (Å²) in [5.74, 6) is -0.379. The summed E-state index contributed by atoms with van der Waals surface area (Å²) in [4.78, 5) is 37.1. The molecule has 0 aromatic carbocycles. The molecule has 1 saturated carbocycles. The largest absolute Gasteiger partial charge is 0.525 e. The van der Waals surface area contributed by atoms with Crippen LogP contribution in [0.1, 0.15) is 52.9 Å². The molecule has 26 heavy (non-hydrogen) atoms. The number of imide groups is 1. The van der Waals surface area contributed by atoms with E-state index in [-0.39, 0.29) is 37.4 Å². The fourth-order valence-electron chi connectivity index (χ4n) is 3.60. The molecule has 1 aliphatic carbocycles. The van der Waals surface area contributed by atoms with E-state index in [1.807, 2.05) is 0 Å². The summed E-state index contributed by atoms with van der Waals surface area (Å²) in [6, 6.07) is -0.652.